The summed E-state index contributed by atoms with van der Waals surface area (Å²) in [5, 5.41) is 13.3. The predicted octanol–water partition coefficient (Wildman–Crippen LogP) is 3.49. The third kappa shape index (κ3) is 4.02. The fourth-order valence-electron chi connectivity index (χ4n) is 3.50. The van der Waals surface area contributed by atoms with E-state index in [1.54, 1.807) is 0 Å². The van der Waals surface area contributed by atoms with Crippen LogP contribution < -0.4 is 10.2 Å². The second-order valence-corrected chi connectivity index (χ2v) is 7.07. The number of rotatable bonds is 6. The maximum atomic E-state index is 9.60. The number of hydrogen-bond donors (Lipinski definition) is 2. The molecular weight excluding hydrogens is 272 g/mol. The van der Waals surface area contributed by atoms with E-state index in [1.807, 2.05) is 0 Å². The van der Waals surface area contributed by atoms with Crippen molar-refractivity contribution >= 4 is 5.69 Å². The molecule has 1 aromatic rings. The zero-order valence-corrected chi connectivity index (χ0v) is 13.8. The van der Waals surface area contributed by atoms with E-state index in [0.29, 0.717) is 6.04 Å². The zero-order chi connectivity index (χ0) is 15.4. The van der Waals surface area contributed by atoms with Crippen LogP contribution in [0, 0.1) is 5.92 Å². The molecule has 1 heterocycles. The smallest absolute Gasteiger partial charge is 0.0574 e. The van der Waals surface area contributed by atoms with Gasteiger partial charge in [0.15, 0.2) is 0 Å². The lowest BCUT2D eigenvalue weighted by molar-refractivity contribution is 0.145. The van der Waals surface area contributed by atoms with Crippen LogP contribution in [0.25, 0.3) is 0 Å². The predicted molar refractivity (Wildman–Crippen MR) is 92.3 cm³/mol. The minimum absolute atomic E-state index is 0.101. The number of aliphatic hydroxyl groups excluding tert-OH is 1. The van der Waals surface area contributed by atoms with Gasteiger partial charge in [-0.3, -0.25) is 0 Å². The van der Waals surface area contributed by atoms with Crippen LogP contribution in [0.3, 0.4) is 0 Å². The largest absolute Gasteiger partial charge is 0.393 e. The summed E-state index contributed by atoms with van der Waals surface area (Å²) in [7, 11) is 0. The van der Waals surface area contributed by atoms with E-state index in [4.69, 9.17) is 0 Å². The van der Waals surface area contributed by atoms with Crippen molar-refractivity contribution in [2.45, 2.75) is 57.6 Å². The first kappa shape index (κ1) is 15.8. The topological polar surface area (TPSA) is 35.5 Å². The van der Waals surface area contributed by atoms with Crippen LogP contribution >= 0.6 is 0 Å². The second-order valence-electron chi connectivity index (χ2n) is 7.07. The van der Waals surface area contributed by atoms with Gasteiger partial charge in [0, 0.05) is 24.8 Å². The molecular formula is C19H30N2O. The van der Waals surface area contributed by atoms with Crippen LogP contribution in [0.5, 0.6) is 0 Å². The van der Waals surface area contributed by atoms with Crippen molar-refractivity contribution in [2.75, 3.05) is 24.5 Å². The monoisotopic (exact) mass is 302 g/mol. The van der Waals surface area contributed by atoms with Crippen LogP contribution in [-0.2, 0) is 0 Å². The molecule has 1 saturated carbocycles. The summed E-state index contributed by atoms with van der Waals surface area (Å²) in [5.74, 6) is 0.983. The highest BCUT2D eigenvalue weighted by Crippen LogP contribution is 2.29. The third-order valence-electron chi connectivity index (χ3n) is 5.45. The molecule has 0 bridgehead atoms. The molecule has 1 aliphatic heterocycles. The average molecular weight is 302 g/mol. The summed E-state index contributed by atoms with van der Waals surface area (Å²) in [5.41, 5.74) is 2.66. The molecule has 2 aliphatic rings. The van der Waals surface area contributed by atoms with Gasteiger partial charge >= 0.3 is 0 Å². The van der Waals surface area contributed by atoms with E-state index in [1.165, 1.54) is 36.9 Å². The third-order valence-corrected chi connectivity index (χ3v) is 5.45. The summed E-state index contributed by atoms with van der Waals surface area (Å²) in [6, 6.07) is 9.40. The van der Waals surface area contributed by atoms with Gasteiger partial charge in [-0.2, -0.15) is 0 Å². The second kappa shape index (κ2) is 7.47. The first-order valence-corrected chi connectivity index (χ1v) is 8.99. The Balaban J connectivity index is 1.47. The highest BCUT2D eigenvalue weighted by molar-refractivity contribution is 5.48. The van der Waals surface area contributed by atoms with Gasteiger partial charge in [0.1, 0.15) is 0 Å². The van der Waals surface area contributed by atoms with Gasteiger partial charge in [0.25, 0.3) is 0 Å². The molecule has 0 amide bonds. The van der Waals surface area contributed by atoms with Crippen molar-refractivity contribution in [3.63, 3.8) is 0 Å². The van der Waals surface area contributed by atoms with Gasteiger partial charge in [0.2, 0.25) is 0 Å². The average Bonchev–Trinajstić information content (AvgIpc) is 2.50. The minimum atomic E-state index is -0.101. The SMILES string of the molecule is CC(NCCC1CCC1)c1ccc(N2CCC(O)CC2)cc1. The number of nitrogens with one attached hydrogen (secondary N) is 1. The minimum Gasteiger partial charge on any atom is -0.393 e. The van der Waals surface area contributed by atoms with E-state index in [-0.39, 0.29) is 6.10 Å². The Labute approximate surface area is 134 Å². The summed E-state index contributed by atoms with van der Waals surface area (Å²) >= 11 is 0. The van der Waals surface area contributed by atoms with Crippen LogP contribution in [-0.4, -0.2) is 30.8 Å². The normalized spacial score (nSPS) is 21.6. The first-order valence-electron chi connectivity index (χ1n) is 8.99. The fraction of sp³-hybridized carbons (Fsp3) is 0.684. The molecule has 1 aliphatic carbocycles. The molecule has 0 aromatic heterocycles. The maximum Gasteiger partial charge on any atom is 0.0574 e. The molecule has 0 spiro atoms. The number of anilines is 1. The lowest BCUT2D eigenvalue weighted by atomic mass is 9.83. The van der Waals surface area contributed by atoms with E-state index in [9.17, 15) is 5.11 Å². The van der Waals surface area contributed by atoms with Gasteiger partial charge in [-0.15, -0.1) is 0 Å². The summed E-state index contributed by atoms with van der Waals surface area (Å²) in [6.45, 7) is 5.33. The number of aliphatic hydroxyl groups is 1. The molecule has 1 unspecified atom stereocenters. The van der Waals surface area contributed by atoms with Gasteiger partial charge in [-0.1, -0.05) is 31.4 Å². The highest BCUT2D eigenvalue weighted by atomic mass is 16.3. The van der Waals surface area contributed by atoms with Crippen molar-refractivity contribution in [1.82, 2.24) is 5.32 Å². The quantitative estimate of drug-likeness (QED) is 0.844. The molecule has 3 heteroatoms. The Kier molecular flexibility index (Phi) is 5.37. The molecule has 0 radical (unpaired) electrons. The fourth-order valence-corrected chi connectivity index (χ4v) is 3.50. The van der Waals surface area contributed by atoms with Gasteiger partial charge in [-0.05, 0) is 56.3 Å². The van der Waals surface area contributed by atoms with Crippen LogP contribution in [0.2, 0.25) is 0 Å². The zero-order valence-electron chi connectivity index (χ0n) is 13.8. The Morgan fingerprint density at radius 2 is 1.82 bits per heavy atom. The van der Waals surface area contributed by atoms with Crippen molar-refractivity contribution in [3.8, 4) is 0 Å². The molecule has 3 nitrogen and oxygen atoms in total. The number of piperidine rings is 1. The molecule has 122 valence electrons. The summed E-state index contributed by atoms with van der Waals surface area (Å²) in [4.78, 5) is 2.38. The molecule has 2 fully saturated rings. The van der Waals surface area contributed by atoms with Gasteiger partial charge in [-0.25, -0.2) is 0 Å². The molecule has 22 heavy (non-hydrogen) atoms. The number of hydrogen-bond acceptors (Lipinski definition) is 3. The van der Waals surface area contributed by atoms with Crippen LogP contribution in [0.1, 0.15) is 57.1 Å². The molecule has 1 aromatic carbocycles. The standard InChI is InChI=1S/C19H30N2O/c1-15(20-12-9-16-3-2-4-16)17-5-7-18(8-6-17)21-13-10-19(22)11-14-21/h5-8,15-16,19-20,22H,2-4,9-14H2,1H3. The number of benzene rings is 1. The van der Waals surface area contributed by atoms with Crippen molar-refractivity contribution in [1.29, 1.82) is 0 Å². The Morgan fingerprint density at radius 1 is 1.14 bits per heavy atom. The van der Waals surface area contributed by atoms with E-state index in [0.717, 1.165) is 38.4 Å². The van der Waals surface area contributed by atoms with Gasteiger partial charge < -0.3 is 15.3 Å². The lowest BCUT2D eigenvalue weighted by Crippen LogP contribution is -2.35. The van der Waals surface area contributed by atoms with Crippen molar-refractivity contribution in [2.24, 2.45) is 5.92 Å². The highest BCUT2D eigenvalue weighted by Gasteiger charge is 2.18. The first-order chi connectivity index (χ1) is 10.7. The van der Waals surface area contributed by atoms with E-state index in [2.05, 4.69) is 41.4 Å². The molecule has 3 rings (SSSR count). The van der Waals surface area contributed by atoms with E-state index < -0.39 is 0 Å². The molecule has 2 N–H and O–H groups in total. The summed E-state index contributed by atoms with van der Waals surface area (Å²) < 4.78 is 0. The Morgan fingerprint density at radius 3 is 2.41 bits per heavy atom. The molecule has 1 saturated heterocycles. The Hall–Kier alpha value is -1.06. The van der Waals surface area contributed by atoms with Crippen molar-refractivity contribution < 1.29 is 5.11 Å². The number of nitrogens with zero attached hydrogens (tertiary/aromatic N) is 1. The lowest BCUT2D eigenvalue weighted by Gasteiger charge is -2.31. The Bertz CT molecular complexity index is 447. The summed E-state index contributed by atoms with van der Waals surface area (Å²) in [6.07, 6.45) is 7.33. The van der Waals surface area contributed by atoms with Crippen LogP contribution in [0.4, 0.5) is 5.69 Å². The van der Waals surface area contributed by atoms with E-state index >= 15 is 0 Å². The van der Waals surface area contributed by atoms with Crippen LogP contribution in [0.15, 0.2) is 24.3 Å². The van der Waals surface area contributed by atoms with Gasteiger partial charge in [0.05, 0.1) is 6.10 Å². The maximum absolute atomic E-state index is 9.60. The van der Waals surface area contributed by atoms with Crippen molar-refractivity contribution in [3.05, 3.63) is 29.8 Å². The molecule has 1 atom stereocenters.